The number of tetrazole rings is 1. The summed E-state index contributed by atoms with van der Waals surface area (Å²) in [6, 6.07) is 6.35. The largest absolute Gasteiger partial charge is 0.433 e. The minimum Gasteiger partial charge on any atom is -0.433 e. The van der Waals surface area contributed by atoms with Gasteiger partial charge in [-0.3, -0.25) is 4.79 Å². The number of nitrogens with one attached hydrogen (secondary N) is 1. The molecule has 3 rings (SSSR count). The van der Waals surface area contributed by atoms with Crippen molar-refractivity contribution in [1.29, 1.82) is 0 Å². The highest BCUT2D eigenvalue weighted by molar-refractivity contribution is 8.00. The molecule has 128 valence electrons. The maximum atomic E-state index is 12.4. The summed E-state index contributed by atoms with van der Waals surface area (Å²) in [6.07, 6.45) is 2.05. The zero-order valence-corrected chi connectivity index (χ0v) is 13.5. The molecule has 1 aliphatic rings. The van der Waals surface area contributed by atoms with Crippen LogP contribution in [0.1, 0.15) is 25.8 Å². The van der Waals surface area contributed by atoms with E-state index in [-0.39, 0.29) is 17.3 Å². The molecule has 1 aromatic heterocycles. The SMILES string of the molecule is CC(Sc1nnnn1C1CC1)C(=O)Nc1ccccc1OC(F)F. The third-order valence-electron chi connectivity index (χ3n) is 3.37. The van der Waals surface area contributed by atoms with Crippen molar-refractivity contribution in [3.05, 3.63) is 24.3 Å². The second kappa shape index (κ2) is 7.12. The summed E-state index contributed by atoms with van der Waals surface area (Å²) in [5, 5.41) is 14.1. The molecule has 1 heterocycles. The third kappa shape index (κ3) is 3.99. The van der Waals surface area contributed by atoms with Gasteiger partial charge >= 0.3 is 6.61 Å². The molecule has 10 heteroatoms. The molecule has 7 nitrogen and oxygen atoms in total. The summed E-state index contributed by atoms with van der Waals surface area (Å²) < 4.78 is 30.9. The normalized spacial score (nSPS) is 15.3. The van der Waals surface area contributed by atoms with Gasteiger partial charge in [-0.25, -0.2) is 4.68 Å². The number of hydrogen-bond acceptors (Lipinski definition) is 6. The molecule has 0 bridgehead atoms. The summed E-state index contributed by atoms with van der Waals surface area (Å²) in [6.45, 7) is -1.26. The summed E-state index contributed by atoms with van der Waals surface area (Å²) in [5.41, 5.74) is 0.192. The van der Waals surface area contributed by atoms with E-state index in [0.717, 1.165) is 12.8 Å². The van der Waals surface area contributed by atoms with E-state index in [1.807, 2.05) is 0 Å². The van der Waals surface area contributed by atoms with Gasteiger partial charge in [-0.2, -0.15) is 8.78 Å². The Morgan fingerprint density at radius 3 is 2.88 bits per heavy atom. The molecular weight excluding hydrogens is 340 g/mol. The number of carbonyl (C=O) groups excluding carboxylic acids is 1. The highest BCUT2D eigenvalue weighted by Gasteiger charge is 2.29. The Labute approximate surface area is 140 Å². The molecule has 0 radical (unpaired) electrons. The fourth-order valence-corrected chi connectivity index (χ4v) is 2.89. The highest BCUT2D eigenvalue weighted by Crippen LogP contribution is 2.37. The molecule has 0 saturated heterocycles. The molecule has 1 saturated carbocycles. The number of halogens is 2. The fraction of sp³-hybridized carbons (Fsp3) is 0.429. The maximum Gasteiger partial charge on any atom is 0.387 e. The summed E-state index contributed by atoms with van der Waals surface area (Å²) >= 11 is 1.22. The zero-order valence-electron chi connectivity index (χ0n) is 12.7. The van der Waals surface area contributed by atoms with Gasteiger partial charge in [0.25, 0.3) is 0 Å². The Hall–Kier alpha value is -2.23. The molecule has 1 aliphatic carbocycles. The number of amides is 1. The third-order valence-corrected chi connectivity index (χ3v) is 4.41. The summed E-state index contributed by atoms with van der Waals surface area (Å²) in [7, 11) is 0. The first-order chi connectivity index (χ1) is 11.5. The van der Waals surface area contributed by atoms with Crippen molar-refractivity contribution < 1.29 is 18.3 Å². The Morgan fingerprint density at radius 2 is 2.17 bits per heavy atom. The maximum absolute atomic E-state index is 12.4. The monoisotopic (exact) mass is 355 g/mol. The van der Waals surface area contributed by atoms with Gasteiger partial charge in [0.1, 0.15) is 5.75 Å². The molecule has 24 heavy (non-hydrogen) atoms. The standard InChI is InChI=1S/C14H15F2N5O2S/c1-8(24-14-18-19-20-21(14)9-6-7-9)12(22)17-10-4-2-3-5-11(10)23-13(15)16/h2-5,8-9,13H,6-7H2,1H3,(H,17,22). The Bertz CT molecular complexity index is 723. The molecular formula is C14H15F2N5O2S. The lowest BCUT2D eigenvalue weighted by Crippen LogP contribution is -2.23. The number of hydrogen-bond donors (Lipinski definition) is 1. The number of rotatable bonds is 7. The molecule has 0 aliphatic heterocycles. The van der Waals surface area contributed by atoms with E-state index in [2.05, 4.69) is 25.6 Å². The second-order valence-electron chi connectivity index (χ2n) is 5.26. The quantitative estimate of drug-likeness (QED) is 0.769. The number of aromatic nitrogens is 4. The predicted octanol–water partition coefficient (Wildman–Crippen LogP) is 2.73. The van der Waals surface area contributed by atoms with Crippen LogP contribution < -0.4 is 10.1 Å². The summed E-state index contributed by atoms with van der Waals surface area (Å²) in [4.78, 5) is 12.3. The van der Waals surface area contributed by atoms with Crippen LogP contribution in [0.5, 0.6) is 5.75 Å². The molecule has 2 aromatic rings. The van der Waals surface area contributed by atoms with E-state index in [9.17, 15) is 13.6 Å². The average Bonchev–Trinajstić information content (AvgIpc) is 3.28. The van der Waals surface area contributed by atoms with Gasteiger partial charge in [0.15, 0.2) is 0 Å². The van der Waals surface area contributed by atoms with E-state index in [0.29, 0.717) is 11.2 Å². The Kier molecular flexibility index (Phi) is 4.93. The second-order valence-corrected chi connectivity index (χ2v) is 6.57. The molecule has 1 amide bonds. The smallest absolute Gasteiger partial charge is 0.387 e. The number of carbonyl (C=O) groups is 1. The van der Waals surface area contributed by atoms with E-state index in [1.54, 1.807) is 23.7 Å². The average molecular weight is 355 g/mol. The number of thioether (sulfide) groups is 1. The van der Waals surface area contributed by atoms with Gasteiger partial charge < -0.3 is 10.1 Å². The molecule has 1 aromatic carbocycles. The van der Waals surface area contributed by atoms with Gasteiger partial charge in [-0.05, 0) is 42.3 Å². The van der Waals surface area contributed by atoms with Crippen LogP contribution in [0.2, 0.25) is 0 Å². The fourth-order valence-electron chi connectivity index (χ4n) is 2.03. The number of anilines is 1. The molecule has 1 fully saturated rings. The van der Waals surface area contributed by atoms with Gasteiger partial charge in [-0.15, -0.1) is 5.10 Å². The lowest BCUT2D eigenvalue weighted by Gasteiger charge is -2.14. The topological polar surface area (TPSA) is 81.9 Å². The van der Waals surface area contributed by atoms with E-state index in [1.165, 1.54) is 23.9 Å². The highest BCUT2D eigenvalue weighted by atomic mass is 32.2. The van der Waals surface area contributed by atoms with Crippen LogP contribution in [0, 0.1) is 0 Å². The predicted molar refractivity (Wildman–Crippen MR) is 83.1 cm³/mol. The van der Waals surface area contributed by atoms with Crippen molar-refractivity contribution in [2.75, 3.05) is 5.32 Å². The number of benzene rings is 1. The molecule has 1 atom stereocenters. The van der Waals surface area contributed by atoms with Crippen molar-refractivity contribution in [2.45, 2.75) is 42.8 Å². The van der Waals surface area contributed by atoms with E-state index < -0.39 is 11.9 Å². The number of alkyl halides is 2. The lowest BCUT2D eigenvalue weighted by molar-refractivity contribution is -0.115. The minimum atomic E-state index is -2.96. The first kappa shape index (κ1) is 16.6. The molecule has 0 spiro atoms. The van der Waals surface area contributed by atoms with Crippen LogP contribution >= 0.6 is 11.8 Å². The minimum absolute atomic E-state index is 0.0825. The van der Waals surface area contributed by atoms with Crippen molar-refractivity contribution >= 4 is 23.4 Å². The first-order valence-corrected chi connectivity index (χ1v) is 8.22. The number of para-hydroxylation sites is 2. The van der Waals surface area contributed by atoms with E-state index in [4.69, 9.17) is 0 Å². The van der Waals surface area contributed by atoms with Gasteiger partial charge in [0.2, 0.25) is 11.1 Å². The van der Waals surface area contributed by atoms with Crippen LogP contribution in [-0.2, 0) is 4.79 Å². The first-order valence-electron chi connectivity index (χ1n) is 7.34. The van der Waals surface area contributed by atoms with Crippen LogP contribution in [0.4, 0.5) is 14.5 Å². The van der Waals surface area contributed by atoms with Gasteiger partial charge in [0, 0.05) is 0 Å². The Morgan fingerprint density at radius 1 is 1.42 bits per heavy atom. The van der Waals surface area contributed by atoms with E-state index >= 15 is 0 Å². The van der Waals surface area contributed by atoms with Gasteiger partial charge in [0.05, 0.1) is 17.0 Å². The Balaban J connectivity index is 1.65. The van der Waals surface area contributed by atoms with Gasteiger partial charge in [-0.1, -0.05) is 23.9 Å². The number of ether oxygens (including phenoxy) is 1. The van der Waals surface area contributed by atoms with Crippen molar-refractivity contribution in [2.24, 2.45) is 0 Å². The summed E-state index contributed by atoms with van der Waals surface area (Å²) in [5.74, 6) is -0.434. The number of nitrogens with zero attached hydrogens (tertiary/aromatic N) is 4. The van der Waals surface area contributed by atoms with Crippen molar-refractivity contribution in [3.63, 3.8) is 0 Å². The lowest BCUT2D eigenvalue weighted by atomic mass is 10.3. The van der Waals surface area contributed by atoms with Crippen molar-refractivity contribution in [1.82, 2.24) is 20.2 Å². The van der Waals surface area contributed by atoms with Crippen LogP contribution in [0.25, 0.3) is 0 Å². The molecule has 1 N–H and O–H groups in total. The zero-order chi connectivity index (χ0) is 17.1. The van der Waals surface area contributed by atoms with Crippen LogP contribution in [-0.4, -0.2) is 38.0 Å². The molecule has 1 unspecified atom stereocenters. The van der Waals surface area contributed by atoms with Crippen LogP contribution in [0.15, 0.2) is 29.4 Å². The van der Waals surface area contributed by atoms with Crippen LogP contribution in [0.3, 0.4) is 0 Å². The van der Waals surface area contributed by atoms with Crippen molar-refractivity contribution in [3.8, 4) is 5.75 Å².